The minimum atomic E-state index is -1.10. The summed E-state index contributed by atoms with van der Waals surface area (Å²) >= 11 is 0. The highest BCUT2D eigenvalue weighted by Gasteiger charge is 2.15. The van der Waals surface area contributed by atoms with Crippen LogP contribution in [0.4, 0.5) is 0 Å². The van der Waals surface area contributed by atoms with Gasteiger partial charge in [0.15, 0.2) is 0 Å². The van der Waals surface area contributed by atoms with Gasteiger partial charge in [-0.3, -0.25) is 9.78 Å². The quantitative estimate of drug-likeness (QED) is 0.850. The van der Waals surface area contributed by atoms with Crippen molar-refractivity contribution in [2.45, 2.75) is 20.3 Å². The van der Waals surface area contributed by atoms with E-state index >= 15 is 0 Å². The SMILES string of the molecule is COc1cc(C)cc(CCNC(=O)c2cncc(C(=O)O)c2C)c1. The van der Waals surface area contributed by atoms with Crippen molar-refractivity contribution in [1.29, 1.82) is 0 Å². The van der Waals surface area contributed by atoms with E-state index in [1.165, 1.54) is 12.4 Å². The second kappa shape index (κ2) is 7.59. The number of carbonyl (C=O) groups excluding carboxylic acids is 1. The van der Waals surface area contributed by atoms with Gasteiger partial charge in [0.2, 0.25) is 0 Å². The summed E-state index contributed by atoms with van der Waals surface area (Å²) in [6.45, 7) is 4.02. The summed E-state index contributed by atoms with van der Waals surface area (Å²) in [7, 11) is 1.62. The molecule has 0 radical (unpaired) electrons. The van der Waals surface area contributed by atoms with Gasteiger partial charge in [-0.05, 0) is 49.1 Å². The van der Waals surface area contributed by atoms with E-state index in [4.69, 9.17) is 9.84 Å². The number of hydrogen-bond donors (Lipinski definition) is 2. The van der Waals surface area contributed by atoms with Crippen LogP contribution in [0.2, 0.25) is 0 Å². The Balaban J connectivity index is 2.03. The molecule has 0 unspecified atom stereocenters. The fourth-order valence-electron chi connectivity index (χ4n) is 2.47. The van der Waals surface area contributed by atoms with Gasteiger partial charge in [0.1, 0.15) is 5.75 Å². The first-order chi connectivity index (χ1) is 11.4. The standard InChI is InChI=1S/C18H20N2O4/c1-11-6-13(8-14(7-11)24-3)4-5-20-17(21)15-9-19-10-16(12(15)2)18(22)23/h6-10H,4-5H2,1-3H3,(H,20,21)(H,22,23). The van der Waals surface area contributed by atoms with Crippen LogP contribution in [0.15, 0.2) is 30.6 Å². The van der Waals surface area contributed by atoms with Gasteiger partial charge >= 0.3 is 5.97 Å². The van der Waals surface area contributed by atoms with Gasteiger partial charge in [0.25, 0.3) is 5.91 Å². The maximum absolute atomic E-state index is 12.3. The van der Waals surface area contributed by atoms with Crippen LogP contribution in [0.3, 0.4) is 0 Å². The van der Waals surface area contributed by atoms with Crippen molar-refractivity contribution >= 4 is 11.9 Å². The summed E-state index contributed by atoms with van der Waals surface area (Å²) in [5.41, 5.74) is 2.86. The topological polar surface area (TPSA) is 88.5 Å². The number of carbonyl (C=O) groups is 2. The second-order valence-corrected chi connectivity index (χ2v) is 5.53. The number of carboxylic acids is 1. The molecule has 6 heteroatoms. The summed E-state index contributed by atoms with van der Waals surface area (Å²) in [4.78, 5) is 27.2. The average Bonchev–Trinajstić information content (AvgIpc) is 2.54. The molecule has 0 saturated carbocycles. The van der Waals surface area contributed by atoms with Crippen molar-refractivity contribution < 1.29 is 19.4 Å². The van der Waals surface area contributed by atoms with Gasteiger partial charge < -0.3 is 15.2 Å². The van der Waals surface area contributed by atoms with E-state index in [9.17, 15) is 9.59 Å². The van der Waals surface area contributed by atoms with E-state index in [1.807, 2.05) is 25.1 Å². The lowest BCUT2D eigenvalue weighted by atomic mass is 10.1. The molecule has 0 atom stereocenters. The number of aromatic carboxylic acids is 1. The molecule has 0 saturated heterocycles. The number of amides is 1. The predicted octanol–water partition coefficient (Wildman–Crippen LogP) is 2.38. The first-order valence-electron chi connectivity index (χ1n) is 7.53. The van der Waals surface area contributed by atoms with Crippen LogP contribution in [-0.2, 0) is 6.42 Å². The summed E-state index contributed by atoms with van der Waals surface area (Å²) in [6.07, 6.45) is 3.27. The molecule has 0 fully saturated rings. The summed E-state index contributed by atoms with van der Waals surface area (Å²) < 4.78 is 5.23. The molecule has 0 spiro atoms. The number of carboxylic acid groups (broad SMARTS) is 1. The molecule has 0 bridgehead atoms. The molecular weight excluding hydrogens is 308 g/mol. The Bertz CT molecular complexity index is 772. The van der Waals surface area contributed by atoms with Gasteiger partial charge in [-0.25, -0.2) is 4.79 Å². The van der Waals surface area contributed by atoms with Crippen molar-refractivity contribution in [3.05, 3.63) is 58.4 Å². The molecule has 6 nitrogen and oxygen atoms in total. The lowest BCUT2D eigenvalue weighted by Crippen LogP contribution is -2.27. The molecular formula is C18H20N2O4. The van der Waals surface area contributed by atoms with Crippen molar-refractivity contribution in [3.8, 4) is 5.75 Å². The number of benzene rings is 1. The highest BCUT2D eigenvalue weighted by molar-refractivity contribution is 5.99. The number of methoxy groups -OCH3 is 1. The van der Waals surface area contributed by atoms with Gasteiger partial charge in [-0.1, -0.05) is 6.07 Å². The van der Waals surface area contributed by atoms with Crippen LogP contribution >= 0.6 is 0 Å². The van der Waals surface area contributed by atoms with Crippen LogP contribution in [-0.4, -0.2) is 35.6 Å². The molecule has 0 aliphatic carbocycles. The number of hydrogen-bond acceptors (Lipinski definition) is 4. The number of rotatable bonds is 6. The van der Waals surface area contributed by atoms with Gasteiger partial charge in [0, 0.05) is 18.9 Å². The molecule has 1 heterocycles. The number of aryl methyl sites for hydroxylation is 1. The number of aromatic nitrogens is 1. The molecule has 0 aliphatic heterocycles. The summed E-state index contributed by atoms with van der Waals surface area (Å²) in [6, 6.07) is 5.90. The smallest absolute Gasteiger partial charge is 0.337 e. The van der Waals surface area contributed by atoms with E-state index in [-0.39, 0.29) is 17.0 Å². The fourth-order valence-corrected chi connectivity index (χ4v) is 2.47. The molecule has 0 aliphatic rings. The normalized spacial score (nSPS) is 10.3. The first-order valence-corrected chi connectivity index (χ1v) is 7.53. The molecule has 2 rings (SSSR count). The maximum atomic E-state index is 12.3. The van der Waals surface area contributed by atoms with Crippen molar-refractivity contribution in [2.75, 3.05) is 13.7 Å². The minimum Gasteiger partial charge on any atom is -0.497 e. The van der Waals surface area contributed by atoms with Gasteiger partial charge in [0.05, 0.1) is 18.2 Å². The third-order valence-corrected chi connectivity index (χ3v) is 3.74. The Kier molecular flexibility index (Phi) is 5.52. The number of nitrogens with one attached hydrogen (secondary N) is 1. The number of pyridine rings is 1. The number of ether oxygens (including phenoxy) is 1. The Hall–Kier alpha value is -2.89. The maximum Gasteiger partial charge on any atom is 0.337 e. The van der Waals surface area contributed by atoms with Crippen LogP contribution in [0.1, 0.15) is 37.4 Å². The monoisotopic (exact) mass is 328 g/mol. The van der Waals surface area contributed by atoms with Gasteiger partial charge in [-0.2, -0.15) is 0 Å². The Labute approximate surface area is 140 Å². The third-order valence-electron chi connectivity index (χ3n) is 3.74. The Morgan fingerprint density at radius 2 is 1.88 bits per heavy atom. The van der Waals surface area contributed by atoms with Crippen LogP contribution in [0, 0.1) is 13.8 Å². The van der Waals surface area contributed by atoms with Gasteiger partial charge in [-0.15, -0.1) is 0 Å². The second-order valence-electron chi connectivity index (χ2n) is 5.53. The lowest BCUT2D eigenvalue weighted by molar-refractivity contribution is 0.0695. The molecule has 2 N–H and O–H groups in total. The van der Waals surface area contributed by atoms with E-state index in [1.54, 1.807) is 14.0 Å². The minimum absolute atomic E-state index is 0.0334. The zero-order valence-electron chi connectivity index (χ0n) is 13.9. The van der Waals surface area contributed by atoms with Crippen molar-refractivity contribution in [2.24, 2.45) is 0 Å². The van der Waals surface area contributed by atoms with Crippen LogP contribution in [0.5, 0.6) is 5.75 Å². The van der Waals surface area contributed by atoms with E-state index < -0.39 is 5.97 Å². The zero-order chi connectivity index (χ0) is 17.7. The third kappa shape index (κ3) is 4.10. The summed E-state index contributed by atoms with van der Waals surface area (Å²) in [5.74, 6) is -0.644. The number of nitrogens with zero attached hydrogens (tertiary/aromatic N) is 1. The Morgan fingerprint density at radius 1 is 1.17 bits per heavy atom. The molecule has 1 amide bonds. The molecule has 2 aromatic rings. The van der Waals surface area contributed by atoms with E-state index in [2.05, 4.69) is 10.3 Å². The molecule has 1 aromatic heterocycles. The molecule has 1 aromatic carbocycles. The largest absolute Gasteiger partial charge is 0.497 e. The van der Waals surface area contributed by atoms with Crippen LogP contribution in [0.25, 0.3) is 0 Å². The average molecular weight is 328 g/mol. The highest BCUT2D eigenvalue weighted by Crippen LogP contribution is 2.17. The highest BCUT2D eigenvalue weighted by atomic mass is 16.5. The van der Waals surface area contributed by atoms with Crippen LogP contribution < -0.4 is 10.1 Å². The lowest BCUT2D eigenvalue weighted by Gasteiger charge is -2.10. The summed E-state index contributed by atoms with van der Waals surface area (Å²) in [5, 5.41) is 11.9. The fraction of sp³-hybridized carbons (Fsp3) is 0.278. The van der Waals surface area contributed by atoms with Crippen molar-refractivity contribution in [1.82, 2.24) is 10.3 Å². The predicted molar refractivity (Wildman–Crippen MR) is 89.7 cm³/mol. The molecule has 24 heavy (non-hydrogen) atoms. The first kappa shape index (κ1) is 17.5. The zero-order valence-corrected chi connectivity index (χ0v) is 13.9. The van der Waals surface area contributed by atoms with E-state index in [0.29, 0.717) is 18.5 Å². The van der Waals surface area contributed by atoms with E-state index in [0.717, 1.165) is 16.9 Å². The molecule has 126 valence electrons. The van der Waals surface area contributed by atoms with Crippen molar-refractivity contribution in [3.63, 3.8) is 0 Å². The Morgan fingerprint density at radius 3 is 2.54 bits per heavy atom.